The predicted molar refractivity (Wildman–Crippen MR) is 194 cm³/mol. The molecular weight excluding hydrogens is 630 g/mol. The number of anilines is 2. The van der Waals surface area contributed by atoms with E-state index in [-0.39, 0.29) is 5.41 Å². The van der Waals surface area contributed by atoms with E-state index in [9.17, 15) is 9.90 Å². The van der Waals surface area contributed by atoms with Gasteiger partial charge in [-0.3, -0.25) is 0 Å². The van der Waals surface area contributed by atoms with Gasteiger partial charge in [0.05, 0.1) is 16.9 Å². The van der Waals surface area contributed by atoms with Gasteiger partial charge in [0.15, 0.2) is 23.2 Å². The number of furan rings is 1. The van der Waals surface area contributed by atoms with Crippen LogP contribution in [0.4, 0.5) is 11.5 Å². The standard InChI is InChI=1S/C39H43N7O4/c1-23-29(33(37(47)48)50-38(2,3)4)32(44-17-14-39(5,6)15-18-44)30(35-42-22-43-46(23)35)25-11-12-26-20-45(16-13-24(26)19-25)36-34-31(40-21-41-36)27-9-7-8-10-28(27)49-34/h7-12,19,21-22,33H,13-18,20H2,1-6H3,(H,47,48)/t33-/m0/s1. The molecule has 1 N–H and O–H groups in total. The lowest BCUT2D eigenvalue weighted by atomic mass is 9.82. The van der Waals surface area contributed by atoms with Crippen molar-refractivity contribution >= 4 is 45.2 Å². The average molecular weight is 674 g/mol. The monoisotopic (exact) mass is 673 g/mol. The molecular formula is C39H43N7O4. The van der Waals surface area contributed by atoms with E-state index in [0.29, 0.717) is 29.0 Å². The number of aliphatic carboxylic acids is 1. The van der Waals surface area contributed by atoms with Crippen molar-refractivity contribution in [3.8, 4) is 11.1 Å². The number of benzene rings is 2. The molecule has 50 heavy (non-hydrogen) atoms. The van der Waals surface area contributed by atoms with E-state index in [1.807, 2.05) is 52.0 Å². The van der Waals surface area contributed by atoms with Crippen LogP contribution in [0.5, 0.6) is 0 Å². The summed E-state index contributed by atoms with van der Waals surface area (Å²) < 4.78 is 14.4. The van der Waals surface area contributed by atoms with E-state index in [2.05, 4.69) is 56.9 Å². The van der Waals surface area contributed by atoms with Gasteiger partial charge in [0.1, 0.15) is 23.8 Å². The Balaban J connectivity index is 1.25. The second kappa shape index (κ2) is 11.8. The second-order valence-electron chi connectivity index (χ2n) is 15.4. The minimum absolute atomic E-state index is 0.203. The number of pyridine rings is 1. The van der Waals surface area contributed by atoms with Gasteiger partial charge in [-0.05, 0) is 81.2 Å². The molecule has 4 aromatic heterocycles. The number of hydrogen-bond donors (Lipinski definition) is 1. The van der Waals surface area contributed by atoms with Gasteiger partial charge in [0.25, 0.3) is 0 Å². The Morgan fingerprint density at radius 1 is 0.980 bits per heavy atom. The number of piperidine rings is 1. The first-order valence-corrected chi connectivity index (χ1v) is 17.4. The molecule has 0 spiro atoms. The van der Waals surface area contributed by atoms with Crippen LogP contribution < -0.4 is 9.80 Å². The maximum absolute atomic E-state index is 13.1. The number of carbonyl (C=O) groups is 1. The van der Waals surface area contributed by atoms with Crippen LogP contribution in [0.3, 0.4) is 0 Å². The molecule has 1 saturated heterocycles. The molecule has 8 rings (SSSR count). The van der Waals surface area contributed by atoms with Gasteiger partial charge in [-0.25, -0.2) is 24.3 Å². The Morgan fingerprint density at radius 3 is 2.52 bits per heavy atom. The molecule has 0 saturated carbocycles. The number of fused-ring (bicyclic) bond motifs is 5. The van der Waals surface area contributed by atoms with E-state index in [4.69, 9.17) is 14.1 Å². The molecule has 2 aromatic carbocycles. The number of rotatable bonds is 6. The van der Waals surface area contributed by atoms with E-state index >= 15 is 0 Å². The molecule has 2 aliphatic rings. The Kier molecular flexibility index (Phi) is 7.59. The molecule has 11 nitrogen and oxygen atoms in total. The fraction of sp³-hybridized carbons (Fsp3) is 0.410. The zero-order valence-electron chi connectivity index (χ0n) is 29.5. The molecule has 6 aromatic rings. The van der Waals surface area contributed by atoms with E-state index in [1.165, 1.54) is 11.1 Å². The third-order valence-corrected chi connectivity index (χ3v) is 10.3. The highest BCUT2D eigenvalue weighted by Gasteiger charge is 2.37. The maximum Gasteiger partial charge on any atom is 0.337 e. The zero-order valence-corrected chi connectivity index (χ0v) is 29.5. The van der Waals surface area contributed by atoms with Gasteiger partial charge < -0.3 is 24.1 Å². The second-order valence-corrected chi connectivity index (χ2v) is 15.4. The Labute approximate surface area is 290 Å². The lowest BCUT2D eigenvalue weighted by Gasteiger charge is -2.41. The van der Waals surface area contributed by atoms with Gasteiger partial charge in [0.2, 0.25) is 0 Å². The minimum atomic E-state index is -1.19. The smallest absolute Gasteiger partial charge is 0.337 e. The predicted octanol–water partition coefficient (Wildman–Crippen LogP) is 7.52. The topological polar surface area (TPSA) is 122 Å². The molecule has 0 aliphatic carbocycles. The molecule has 258 valence electrons. The third-order valence-electron chi connectivity index (χ3n) is 10.3. The van der Waals surface area contributed by atoms with Gasteiger partial charge in [-0.1, -0.05) is 44.2 Å². The molecule has 0 amide bonds. The lowest BCUT2D eigenvalue weighted by molar-refractivity contribution is -0.160. The van der Waals surface area contributed by atoms with Crippen LogP contribution in [0.25, 0.3) is 38.8 Å². The van der Waals surface area contributed by atoms with E-state index in [1.54, 1.807) is 17.2 Å². The molecule has 0 bridgehead atoms. The number of carboxylic acid groups (broad SMARTS) is 1. The molecule has 2 aliphatic heterocycles. The lowest BCUT2D eigenvalue weighted by Crippen LogP contribution is -2.39. The molecule has 6 heterocycles. The van der Waals surface area contributed by atoms with Crippen molar-refractivity contribution in [3.63, 3.8) is 0 Å². The van der Waals surface area contributed by atoms with Crippen LogP contribution in [0.15, 0.2) is 59.5 Å². The highest BCUT2D eigenvalue weighted by Crippen LogP contribution is 2.46. The van der Waals surface area contributed by atoms with Crippen molar-refractivity contribution in [3.05, 3.63) is 77.5 Å². The van der Waals surface area contributed by atoms with Crippen LogP contribution in [0.2, 0.25) is 0 Å². The SMILES string of the molecule is Cc1c([C@H](OC(C)(C)C)C(=O)O)c(N2CCC(C)(C)CC2)c(-c2ccc3c(c2)CCN(c2ncnc4c2oc2ccccc24)C3)c2ncnn12. The van der Waals surface area contributed by atoms with E-state index in [0.717, 1.165) is 78.0 Å². The number of para-hydroxylation sites is 1. The van der Waals surface area contributed by atoms with Crippen LogP contribution in [-0.2, 0) is 22.5 Å². The molecule has 0 unspecified atom stereocenters. The summed E-state index contributed by atoms with van der Waals surface area (Å²) in [5.74, 6) is -0.232. The van der Waals surface area contributed by atoms with Gasteiger partial charge in [0, 0.05) is 42.8 Å². The maximum atomic E-state index is 13.1. The molecule has 11 heteroatoms. The van der Waals surface area contributed by atoms with Crippen LogP contribution >= 0.6 is 0 Å². The molecule has 0 radical (unpaired) electrons. The first-order valence-electron chi connectivity index (χ1n) is 17.4. The number of ether oxygens (including phenoxy) is 1. The largest absolute Gasteiger partial charge is 0.479 e. The molecule has 1 fully saturated rings. The summed E-state index contributed by atoms with van der Waals surface area (Å²) in [6.07, 6.45) is 4.75. The van der Waals surface area contributed by atoms with E-state index < -0.39 is 17.7 Å². The van der Waals surface area contributed by atoms with Crippen LogP contribution in [0, 0.1) is 12.3 Å². The summed E-state index contributed by atoms with van der Waals surface area (Å²) in [7, 11) is 0. The highest BCUT2D eigenvalue weighted by atomic mass is 16.5. The fourth-order valence-corrected chi connectivity index (χ4v) is 7.64. The first-order chi connectivity index (χ1) is 23.9. The number of aromatic nitrogens is 5. The zero-order chi connectivity index (χ0) is 34.9. The van der Waals surface area contributed by atoms with Crippen LogP contribution in [0.1, 0.15) is 75.9 Å². The summed E-state index contributed by atoms with van der Waals surface area (Å²) >= 11 is 0. The van der Waals surface area contributed by atoms with Crippen LogP contribution in [-0.4, -0.2) is 60.9 Å². The van der Waals surface area contributed by atoms with Gasteiger partial charge in [-0.15, -0.1) is 0 Å². The number of aryl methyl sites for hydroxylation is 1. The highest BCUT2D eigenvalue weighted by molar-refractivity contribution is 6.05. The van der Waals surface area contributed by atoms with Crippen molar-refractivity contribution in [1.29, 1.82) is 0 Å². The number of hydrogen-bond acceptors (Lipinski definition) is 9. The number of nitrogens with zero attached hydrogens (tertiary/aromatic N) is 7. The fourth-order valence-electron chi connectivity index (χ4n) is 7.64. The summed E-state index contributed by atoms with van der Waals surface area (Å²) in [6.45, 7) is 15.2. The Hall–Kier alpha value is -5.03. The summed E-state index contributed by atoms with van der Waals surface area (Å²) in [6, 6.07) is 14.5. The summed E-state index contributed by atoms with van der Waals surface area (Å²) in [5.41, 5.74) is 9.07. The van der Waals surface area contributed by atoms with Gasteiger partial charge in [-0.2, -0.15) is 5.10 Å². The minimum Gasteiger partial charge on any atom is -0.479 e. The Morgan fingerprint density at radius 2 is 1.76 bits per heavy atom. The average Bonchev–Trinajstić information content (AvgIpc) is 3.72. The quantitative estimate of drug-likeness (QED) is 0.190. The van der Waals surface area contributed by atoms with Gasteiger partial charge >= 0.3 is 5.97 Å². The van der Waals surface area contributed by atoms with Crippen molar-refractivity contribution in [1.82, 2.24) is 24.6 Å². The van der Waals surface area contributed by atoms with Crippen molar-refractivity contribution in [2.75, 3.05) is 29.4 Å². The van der Waals surface area contributed by atoms with Crippen molar-refractivity contribution in [2.45, 2.75) is 79.1 Å². The summed E-state index contributed by atoms with van der Waals surface area (Å²) in [4.78, 5) is 31.7. The summed E-state index contributed by atoms with van der Waals surface area (Å²) in [5, 5.41) is 16.3. The van der Waals surface area contributed by atoms with Crippen molar-refractivity contribution in [2.24, 2.45) is 5.41 Å². The number of carboxylic acids is 1. The Bertz CT molecular complexity index is 2270. The third kappa shape index (κ3) is 5.53. The van der Waals surface area contributed by atoms with Crippen molar-refractivity contribution < 1.29 is 19.1 Å². The normalized spacial score (nSPS) is 17.1. The first kappa shape index (κ1) is 32.2. The molecule has 1 atom stereocenters.